The lowest BCUT2D eigenvalue weighted by molar-refractivity contribution is -0.125. The molecule has 2 aliphatic rings. The Morgan fingerprint density at radius 2 is 1.44 bits per heavy atom. The minimum Gasteiger partial charge on any atom is -0.354 e. The highest BCUT2D eigenvalue weighted by Crippen LogP contribution is 2.28. The number of nitrogens with zero attached hydrogens (tertiary/aromatic N) is 4. The van der Waals surface area contributed by atoms with Crippen LogP contribution in [0.2, 0.25) is 0 Å². The number of piperazine rings is 1. The number of carbonyl (C=O) groups is 2. The normalized spacial score (nSPS) is 16.5. The van der Waals surface area contributed by atoms with Crippen molar-refractivity contribution in [1.29, 1.82) is 0 Å². The van der Waals surface area contributed by atoms with Gasteiger partial charge in [0.2, 0.25) is 11.8 Å². The van der Waals surface area contributed by atoms with E-state index in [9.17, 15) is 9.59 Å². The molecule has 0 atom stereocenters. The van der Waals surface area contributed by atoms with E-state index in [1.165, 1.54) is 16.7 Å². The molecule has 6 rings (SSSR count). The highest BCUT2D eigenvalue weighted by atomic mass is 16.2. The summed E-state index contributed by atoms with van der Waals surface area (Å²) in [6, 6.07) is 29.3. The van der Waals surface area contributed by atoms with Gasteiger partial charge in [-0.3, -0.25) is 14.5 Å². The molecule has 1 aromatic heterocycles. The molecule has 2 saturated heterocycles. The van der Waals surface area contributed by atoms with Crippen molar-refractivity contribution < 1.29 is 9.59 Å². The molecule has 234 valence electrons. The van der Waals surface area contributed by atoms with Crippen LogP contribution in [-0.2, 0) is 22.6 Å². The van der Waals surface area contributed by atoms with Crippen LogP contribution in [0.1, 0.15) is 42.4 Å². The molecule has 8 heteroatoms. The average Bonchev–Trinajstić information content (AvgIpc) is 3.06. The lowest BCUT2D eigenvalue weighted by atomic mass is 10.00. The van der Waals surface area contributed by atoms with E-state index in [1.807, 2.05) is 30.3 Å². The van der Waals surface area contributed by atoms with Crippen molar-refractivity contribution in [2.75, 3.05) is 56.5 Å². The van der Waals surface area contributed by atoms with Gasteiger partial charge in [-0.1, -0.05) is 60.7 Å². The van der Waals surface area contributed by atoms with Crippen molar-refractivity contribution in [1.82, 2.24) is 20.1 Å². The van der Waals surface area contributed by atoms with Crippen LogP contribution in [-0.4, -0.2) is 79.0 Å². The van der Waals surface area contributed by atoms with E-state index in [4.69, 9.17) is 4.98 Å². The van der Waals surface area contributed by atoms with Crippen molar-refractivity contribution in [2.45, 2.75) is 44.7 Å². The number of benzene rings is 3. The highest BCUT2D eigenvalue weighted by Gasteiger charge is 2.21. The number of carbonyl (C=O) groups excluding carboxylic acids is 2. The van der Waals surface area contributed by atoms with E-state index >= 15 is 0 Å². The number of likely N-dealkylation sites (N-methyl/N-ethyl adjacent to an activating group) is 1. The SMILES string of the molecule is CN1CCN(c2cc(Cc3ccccc3)c3cc(NC(=O)CCC(=O)NC4CCN(Cc5ccccc5)CC4)ccc3n2)CC1. The molecular weight excluding hydrogens is 560 g/mol. The number of piperidine rings is 1. The van der Waals surface area contributed by atoms with E-state index in [-0.39, 0.29) is 30.7 Å². The average molecular weight is 605 g/mol. The molecule has 4 aromatic rings. The van der Waals surface area contributed by atoms with Crippen LogP contribution in [0, 0.1) is 0 Å². The smallest absolute Gasteiger partial charge is 0.224 e. The van der Waals surface area contributed by atoms with Crippen molar-refractivity contribution in [3.8, 4) is 0 Å². The standard InChI is InChI=1S/C37H44N6O2/c1-41-20-22-43(23-21-41)35-25-30(24-28-8-4-2-5-9-28)33-26-32(12-13-34(33)40-35)39-37(45)15-14-36(44)38-31-16-18-42(19-17-31)27-29-10-6-3-7-11-29/h2-13,25-26,31H,14-24,27H2,1H3,(H,38,44)(H,39,45). The van der Waals surface area contributed by atoms with Crippen LogP contribution in [0.25, 0.3) is 10.9 Å². The van der Waals surface area contributed by atoms with Gasteiger partial charge in [0.15, 0.2) is 0 Å². The van der Waals surface area contributed by atoms with Crippen LogP contribution >= 0.6 is 0 Å². The van der Waals surface area contributed by atoms with Crippen molar-refractivity contribution >= 4 is 34.2 Å². The Labute approximate surface area is 266 Å². The van der Waals surface area contributed by atoms with E-state index in [0.29, 0.717) is 0 Å². The van der Waals surface area contributed by atoms with Gasteiger partial charge in [-0.15, -0.1) is 0 Å². The highest BCUT2D eigenvalue weighted by molar-refractivity contribution is 5.96. The first kappa shape index (κ1) is 30.7. The van der Waals surface area contributed by atoms with E-state index in [2.05, 4.69) is 87.0 Å². The number of hydrogen-bond acceptors (Lipinski definition) is 6. The van der Waals surface area contributed by atoms with E-state index in [0.717, 1.165) is 87.5 Å². The fourth-order valence-electron chi connectivity index (χ4n) is 6.34. The summed E-state index contributed by atoms with van der Waals surface area (Å²) in [5.74, 6) is 0.788. The zero-order valence-electron chi connectivity index (χ0n) is 26.3. The first-order chi connectivity index (χ1) is 22.0. The molecule has 3 heterocycles. The molecule has 2 aliphatic heterocycles. The minimum absolute atomic E-state index is 0.0593. The van der Waals surface area contributed by atoms with Crippen molar-refractivity contribution in [3.05, 3.63) is 102 Å². The molecule has 45 heavy (non-hydrogen) atoms. The van der Waals surface area contributed by atoms with E-state index in [1.54, 1.807) is 0 Å². The second-order valence-corrected chi connectivity index (χ2v) is 12.5. The molecule has 2 N–H and O–H groups in total. The quantitative estimate of drug-likeness (QED) is 0.263. The van der Waals surface area contributed by atoms with Gasteiger partial charge in [0.1, 0.15) is 5.82 Å². The number of anilines is 2. The van der Waals surface area contributed by atoms with Gasteiger partial charge in [-0.25, -0.2) is 4.98 Å². The summed E-state index contributed by atoms with van der Waals surface area (Å²) in [5, 5.41) is 7.21. The molecule has 0 radical (unpaired) electrons. The van der Waals surface area contributed by atoms with Gasteiger partial charge >= 0.3 is 0 Å². The van der Waals surface area contributed by atoms with Crippen LogP contribution in [0.5, 0.6) is 0 Å². The lowest BCUT2D eigenvalue weighted by Gasteiger charge is -2.33. The van der Waals surface area contributed by atoms with Crippen LogP contribution < -0.4 is 15.5 Å². The maximum absolute atomic E-state index is 12.9. The molecular formula is C37H44N6O2. The third kappa shape index (κ3) is 8.47. The van der Waals surface area contributed by atoms with E-state index < -0.39 is 0 Å². The molecule has 0 unspecified atom stereocenters. The maximum Gasteiger partial charge on any atom is 0.224 e. The molecule has 3 aromatic carbocycles. The Kier molecular flexibility index (Phi) is 10.0. The second kappa shape index (κ2) is 14.7. The predicted octanol–water partition coefficient (Wildman–Crippen LogP) is 5.08. The number of pyridine rings is 1. The maximum atomic E-state index is 12.9. The summed E-state index contributed by atoms with van der Waals surface area (Å²) in [6.45, 7) is 6.80. The monoisotopic (exact) mass is 604 g/mol. The van der Waals surface area contributed by atoms with Gasteiger partial charge in [0.05, 0.1) is 5.52 Å². The van der Waals surface area contributed by atoms with Gasteiger partial charge in [0, 0.05) is 75.8 Å². The lowest BCUT2D eigenvalue weighted by Crippen LogP contribution is -2.44. The minimum atomic E-state index is -0.159. The Morgan fingerprint density at radius 3 is 2.16 bits per heavy atom. The van der Waals surface area contributed by atoms with Gasteiger partial charge in [0.25, 0.3) is 0 Å². The van der Waals surface area contributed by atoms with Gasteiger partial charge in [-0.05, 0) is 67.3 Å². The van der Waals surface area contributed by atoms with Crippen LogP contribution in [0.4, 0.5) is 11.5 Å². The number of amides is 2. The zero-order chi connectivity index (χ0) is 31.0. The number of nitrogens with one attached hydrogen (secondary N) is 2. The number of likely N-dealkylation sites (tertiary alicyclic amines) is 1. The molecule has 0 spiro atoms. The molecule has 0 aliphatic carbocycles. The Balaban J connectivity index is 1.04. The number of hydrogen-bond donors (Lipinski definition) is 2. The largest absolute Gasteiger partial charge is 0.354 e. The van der Waals surface area contributed by atoms with Crippen molar-refractivity contribution in [3.63, 3.8) is 0 Å². The fourth-order valence-corrected chi connectivity index (χ4v) is 6.34. The number of rotatable bonds is 10. The van der Waals surface area contributed by atoms with Crippen LogP contribution in [0.15, 0.2) is 84.9 Å². The Bertz CT molecular complexity index is 1580. The van der Waals surface area contributed by atoms with Crippen LogP contribution in [0.3, 0.4) is 0 Å². The first-order valence-corrected chi connectivity index (χ1v) is 16.2. The zero-order valence-corrected chi connectivity index (χ0v) is 26.3. The molecule has 0 bridgehead atoms. The Hall–Kier alpha value is -4.27. The summed E-state index contributed by atoms with van der Waals surface area (Å²) in [7, 11) is 2.16. The topological polar surface area (TPSA) is 80.8 Å². The number of aromatic nitrogens is 1. The number of fused-ring (bicyclic) bond motifs is 1. The summed E-state index contributed by atoms with van der Waals surface area (Å²) < 4.78 is 0. The third-order valence-corrected chi connectivity index (χ3v) is 9.01. The summed E-state index contributed by atoms with van der Waals surface area (Å²) >= 11 is 0. The molecule has 2 amide bonds. The summed E-state index contributed by atoms with van der Waals surface area (Å²) in [4.78, 5) is 37.8. The molecule has 8 nitrogen and oxygen atoms in total. The fraction of sp³-hybridized carbons (Fsp3) is 0.378. The molecule has 2 fully saturated rings. The second-order valence-electron chi connectivity index (χ2n) is 12.5. The summed E-state index contributed by atoms with van der Waals surface area (Å²) in [5.41, 5.74) is 5.38. The summed E-state index contributed by atoms with van der Waals surface area (Å²) in [6.07, 6.45) is 2.96. The van der Waals surface area contributed by atoms with Gasteiger partial charge in [-0.2, -0.15) is 0 Å². The Morgan fingerprint density at radius 1 is 0.778 bits per heavy atom. The third-order valence-electron chi connectivity index (χ3n) is 9.01. The van der Waals surface area contributed by atoms with Gasteiger partial charge < -0.3 is 20.4 Å². The first-order valence-electron chi connectivity index (χ1n) is 16.2. The molecule has 0 saturated carbocycles. The predicted molar refractivity (Wildman–Crippen MR) is 181 cm³/mol. The van der Waals surface area contributed by atoms with Crippen molar-refractivity contribution in [2.24, 2.45) is 0 Å².